The van der Waals surface area contributed by atoms with Crippen LogP contribution in [0.25, 0.3) is 0 Å². The highest BCUT2D eigenvalue weighted by molar-refractivity contribution is 5.44. The van der Waals surface area contributed by atoms with Crippen molar-refractivity contribution in [1.29, 1.82) is 0 Å². The van der Waals surface area contributed by atoms with Crippen LogP contribution >= 0.6 is 0 Å². The molecule has 4 rings (SSSR count). The van der Waals surface area contributed by atoms with Crippen molar-refractivity contribution in [2.24, 2.45) is 0 Å². The zero-order valence-corrected chi connectivity index (χ0v) is 16.5. The second-order valence-corrected chi connectivity index (χ2v) is 7.23. The van der Waals surface area contributed by atoms with Crippen molar-refractivity contribution in [1.82, 2.24) is 4.90 Å². The summed E-state index contributed by atoms with van der Waals surface area (Å²) < 4.78 is 34.9. The largest absolute Gasteiger partial charge is 0.467 e. The molecule has 0 bridgehead atoms. The Bertz CT molecular complexity index is 929. The van der Waals surface area contributed by atoms with Crippen LogP contribution in [0.1, 0.15) is 16.9 Å². The van der Waals surface area contributed by atoms with Gasteiger partial charge >= 0.3 is 0 Å². The Morgan fingerprint density at radius 3 is 2.57 bits per heavy atom. The molecule has 1 N–H and O–H groups in total. The molecule has 3 aromatic rings. The van der Waals surface area contributed by atoms with Crippen LogP contribution in [0.4, 0.5) is 4.39 Å². The Kier molecular flexibility index (Phi) is 6.63. The van der Waals surface area contributed by atoms with Crippen molar-refractivity contribution in [2.45, 2.75) is 25.8 Å². The summed E-state index contributed by atoms with van der Waals surface area (Å²) in [5, 5.41) is 10.5. The summed E-state index contributed by atoms with van der Waals surface area (Å²) in [5.74, 6) is 1.89. The molecule has 1 atom stereocenters. The van der Waals surface area contributed by atoms with E-state index >= 15 is 0 Å². The van der Waals surface area contributed by atoms with Gasteiger partial charge in [-0.1, -0.05) is 18.2 Å². The summed E-state index contributed by atoms with van der Waals surface area (Å²) in [5.41, 5.74) is 1.99. The summed E-state index contributed by atoms with van der Waals surface area (Å²) in [7, 11) is 0. The first kappa shape index (κ1) is 20.4. The quantitative estimate of drug-likeness (QED) is 0.547. The van der Waals surface area contributed by atoms with Gasteiger partial charge in [-0.05, 0) is 47.5 Å². The minimum absolute atomic E-state index is 0.182. The fourth-order valence-corrected chi connectivity index (χ4v) is 3.37. The minimum Gasteiger partial charge on any atom is -0.467 e. The lowest BCUT2D eigenvalue weighted by Crippen LogP contribution is -2.34. The molecule has 0 aliphatic carbocycles. The zero-order valence-electron chi connectivity index (χ0n) is 16.5. The third-order valence-corrected chi connectivity index (χ3v) is 4.77. The van der Waals surface area contributed by atoms with Crippen molar-refractivity contribution in [3.05, 3.63) is 83.6 Å². The number of aliphatic hydroxyl groups is 1. The van der Waals surface area contributed by atoms with E-state index in [-0.39, 0.29) is 19.2 Å². The van der Waals surface area contributed by atoms with E-state index in [4.69, 9.17) is 18.6 Å². The molecule has 158 valence electrons. The molecule has 1 aliphatic rings. The number of ether oxygens (including phenoxy) is 3. The zero-order chi connectivity index (χ0) is 20.8. The van der Waals surface area contributed by atoms with Gasteiger partial charge in [0, 0.05) is 19.6 Å². The number of hydrogen-bond acceptors (Lipinski definition) is 6. The molecule has 1 aliphatic heterocycles. The maximum atomic E-state index is 13.3. The average Bonchev–Trinajstić information content (AvgIpc) is 3.41. The van der Waals surface area contributed by atoms with E-state index in [0.29, 0.717) is 32.0 Å². The van der Waals surface area contributed by atoms with E-state index in [0.717, 1.165) is 22.6 Å². The lowest BCUT2D eigenvalue weighted by Gasteiger charge is -2.25. The van der Waals surface area contributed by atoms with E-state index < -0.39 is 6.10 Å². The third kappa shape index (κ3) is 5.60. The first-order valence-electron chi connectivity index (χ1n) is 9.79. The summed E-state index contributed by atoms with van der Waals surface area (Å²) in [6, 6.07) is 15.8. The molecule has 0 unspecified atom stereocenters. The molecule has 6 nitrogen and oxygen atoms in total. The van der Waals surface area contributed by atoms with E-state index in [2.05, 4.69) is 4.90 Å². The molecule has 0 spiro atoms. The van der Waals surface area contributed by atoms with E-state index in [1.54, 1.807) is 24.5 Å². The van der Waals surface area contributed by atoms with Crippen LogP contribution in [0, 0.1) is 5.82 Å². The van der Waals surface area contributed by atoms with Gasteiger partial charge < -0.3 is 23.7 Å². The number of halogens is 1. The van der Waals surface area contributed by atoms with Crippen LogP contribution < -0.4 is 9.47 Å². The van der Waals surface area contributed by atoms with Crippen LogP contribution in [0.5, 0.6) is 11.5 Å². The molecule has 1 aromatic heterocycles. The van der Waals surface area contributed by atoms with Gasteiger partial charge in [0.2, 0.25) is 6.79 Å². The lowest BCUT2D eigenvalue weighted by atomic mass is 10.1. The average molecular weight is 413 g/mol. The molecule has 0 radical (unpaired) electrons. The Labute approximate surface area is 174 Å². The third-order valence-electron chi connectivity index (χ3n) is 4.77. The van der Waals surface area contributed by atoms with Crippen LogP contribution in [0.3, 0.4) is 0 Å². The highest BCUT2D eigenvalue weighted by Gasteiger charge is 2.17. The molecule has 0 fully saturated rings. The maximum absolute atomic E-state index is 13.3. The van der Waals surface area contributed by atoms with Gasteiger partial charge in [0.25, 0.3) is 0 Å². The van der Waals surface area contributed by atoms with Crippen molar-refractivity contribution in [3.63, 3.8) is 0 Å². The Morgan fingerprint density at radius 2 is 1.77 bits per heavy atom. The number of fused-ring (bicyclic) bond motifs is 1. The first-order valence-corrected chi connectivity index (χ1v) is 9.79. The van der Waals surface area contributed by atoms with Gasteiger partial charge in [0.1, 0.15) is 18.2 Å². The van der Waals surface area contributed by atoms with Gasteiger partial charge in [-0.3, -0.25) is 4.90 Å². The molecule has 0 saturated heterocycles. The SMILES string of the molecule is O[C@H](COCc1ccco1)CN(Cc1ccc(F)cc1)Cc1ccc2c(c1)OCO2. The van der Waals surface area contributed by atoms with Crippen LogP contribution in [0.15, 0.2) is 65.3 Å². The first-order chi connectivity index (χ1) is 14.7. The van der Waals surface area contributed by atoms with Crippen molar-refractivity contribution in [2.75, 3.05) is 19.9 Å². The number of rotatable bonds is 10. The molecule has 2 aromatic carbocycles. The number of aliphatic hydroxyl groups excluding tert-OH is 1. The highest BCUT2D eigenvalue weighted by atomic mass is 19.1. The summed E-state index contributed by atoms with van der Waals surface area (Å²) in [6.07, 6.45) is 0.902. The van der Waals surface area contributed by atoms with Gasteiger partial charge in [-0.15, -0.1) is 0 Å². The van der Waals surface area contributed by atoms with Crippen LogP contribution in [-0.2, 0) is 24.4 Å². The standard InChI is InChI=1S/C23H24FNO5/c24-19-6-3-17(4-7-19)11-25(12-18-5-8-22-23(10-18)30-16-29-22)13-20(26)14-27-15-21-2-1-9-28-21/h1-10,20,26H,11-16H2/t20-/m0/s1. The summed E-state index contributed by atoms with van der Waals surface area (Å²) >= 11 is 0. The Morgan fingerprint density at radius 1 is 1.00 bits per heavy atom. The second-order valence-electron chi connectivity index (χ2n) is 7.23. The Balaban J connectivity index is 1.38. The van der Waals surface area contributed by atoms with Crippen molar-refractivity contribution in [3.8, 4) is 11.5 Å². The van der Waals surface area contributed by atoms with Gasteiger partial charge in [-0.25, -0.2) is 4.39 Å². The maximum Gasteiger partial charge on any atom is 0.231 e. The Hall–Kier alpha value is -2.87. The van der Waals surface area contributed by atoms with Gasteiger partial charge in [0.05, 0.1) is 19.0 Å². The highest BCUT2D eigenvalue weighted by Crippen LogP contribution is 2.33. The van der Waals surface area contributed by atoms with E-state index in [1.807, 2.05) is 24.3 Å². The number of furan rings is 1. The molecule has 2 heterocycles. The number of nitrogens with zero attached hydrogens (tertiary/aromatic N) is 1. The predicted molar refractivity (Wildman–Crippen MR) is 107 cm³/mol. The number of benzene rings is 2. The normalized spacial score (nSPS) is 13.7. The monoisotopic (exact) mass is 413 g/mol. The molecule has 7 heteroatoms. The van der Waals surface area contributed by atoms with Gasteiger partial charge in [-0.2, -0.15) is 0 Å². The smallest absolute Gasteiger partial charge is 0.231 e. The fourth-order valence-electron chi connectivity index (χ4n) is 3.37. The topological polar surface area (TPSA) is 64.3 Å². The molecule has 0 saturated carbocycles. The van der Waals surface area contributed by atoms with Crippen molar-refractivity contribution >= 4 is 0 Å². The van der Waals surface area contributed by atoms with Crippen molar-refractivity contribution < 1.29 is 28.1 Å². The second kappa shape index (κ2) is 9.75. The molecule has 30 heavy (non-hydrogen) atoms. The molecular weight excluding hydrogens is 389 g/mol. The van der Waals surface area contributed by atoms with E-state index in [1.165, 1.54) is 12.1 Å². The summed E-state index contributed by atoms with van der Waals surface area (Å²) in [4.78, 5) is 2.09. The fraction of sp³-hybridized carbons (Fsp3) is 0.304. The predicted octanol–water partition coefficient (Wildman–Crippen LogP) is 3.73. The minimum atomic E-state index is -0.686. The molecule has 0 amide bonds. The lowest BCUT2D eigenvalue weighted by molar-refractivity contribution is 0.00252. The number of hydrogen-bond donors (Lipinski definition) is 1. The van der Waals surface area contributed by atoms with E-state index in [9.17, 15) is 9.50 Å². The van der Waals surface area contributed by atoms with Gasteiger partial charge in [0.15, 0.2) is 11.5 Å². The van der Waals surface area contributed by atoms with Crippen LogP contribution in [0.2, 0.25) is 0 Å². The molecular formula is C23H24FNO5. The summed E-state index contributed by atoms with van der Waals surface area (Å²) in [6.45, 7) is 2.26. The van der Waals surface area contributed by atoms with Crippen LogP contribution in [-0.4, -0.2) is 36.1 Å².